The van der Waals surface area contributed by atoms with Gasteiger partial charge in [-0.05, 0) is 69.4 Å². The van der Waals surface area contributed by atoms with Gasteiger partial charge in [-0.25, -0.2) is 0 Å². The summed E-state index contributed by atoms with van der Waals surface area (Å²) >= 11 is 6.98. The Balaban J connectivity index is 3.32. The zero-order valence-corrected chi connectivity index (χ0v) is 25.5. The number of rotatable bonds is 12. The van der Waals surface area contributed by atoms with Crippen LogP contribution in [-0.4, -0.2) is 84.3 Å². The molecule has 33 heavy (non-hydrogen) atoms. The van der Waals surface area contributed by atoms with Crippen molar-refractivity contribution in [1.29, 1.82) is 0 Å². The molecule has 1 heterocycles. The van der Waals surface area contributed by atoms with E-state index in [-0.39, 0.29) is 36.1 Å². The van der Waals surface area contributed by atoms with Crippen molar-refractivity contribution in [2.45, 2.75) is 95.2 Å². The summed E-state index contributed by atoms with van der Waals surface area (Å²) in [6.07, 6.45) is 3.18. The number of hydrogen-bond acceptors (Lipinski definition) is 7. The van der Waals surface area contributed by atoms with Gasteiger partial charge in [0, 0.05) is 21.3 Å². The van der Waals surface area contributed by atoms with E-state index in [0.717, 1.165) is 3.39 Å². The van der Waals surface area contributed by atoms with Crippen molar-refractivity contribution >= 4 is 40.2 Å². The van der Waals surface area contributed by atoms with Crippen molar-refractivity contribution in [3.05, 3.63) is 21.6 Å². The molecule has 0 spiro atoms. The predicted octanol–water partition coefficient (Wildman–Crippen LogP) is 5.12. The molecule has 194 valence electrons. The molecule has 0 radical (unpaired) electrons. The van der Waals surface area contributed by atoms with Crippen LogP contribution in [0, 0.1) is 0 Å². The second-order valence-electron chi connectivity index (χ2n) is 9.67. The highest BCUT2D eigenvalue weighted by Gasteiger charge is 2.48. The van der Waals surface area contributed by atoms with Crippen molar-refractivity contribution in [2.75, 3.05) is 27.9 Å². The van der Waals surface area contributed by atoms with Crippen molar-refractivity contribution in [3.8, 4) is 0 Å². The fraction of sp³-hybridized carbons (Fsp3) is 0.826. The Hall–Kier alpha value is 0.377. The van der Waals surface area contributed by atoms with E-state index >= 15 is 0 Å². The number of ether oxygens (including phenoxy) is 5. The van der Waals surface area contributed by atoms with Crippen LogP contribution in [0.4, 0.5) is 0 Å². The first kappa shape index (κ1) is 31.4. The van der Waals surface area contributed by atoms with Crippen LogP contribution >= 0.6 is 31.9 Å². The van der Waals surface area contributed by atoms with Crippen LogP contribution in [0.3, 0.4) is 0 Å². The van der Waals surface area contributed by atoms with Crippen molar-refractivity contribution < 1.29 is 33.2 Å². The minimum atomic E-state index is -2.14. The lowest BCUT2D eigenvalue weighted by Crippen LogP contribution is -2.60. The molecule has 0 saturated carbocycles. The van der Waals surface area contributed by atoms with E-state index in [4.69, 9.17) is 28.1 Å². The smallest absolute Gasteiger partial charge is 0.193 e. The first-order valence-corrected chi connectivity index (χ1v) is 15.7. The minimum Gasteiger partial charge on any atom is -0.408 e. The number of halogens is 2. The summed E-state index contributed by atoms with van der Waals surface area (Å²) in [5.74, 6) is 0. The Labute approximate surface area is 217 Å². The van der Waals surface area contributed by atoms with Crippen LogP contribution in [0.2, 0.25) is 18.1 Å². The van der Waals surface area contributed by atoms with Crippen LogP contribution in [0.25, 0.3) is 0 Å². The molecular formula is C23H42Br2O7Si. The Morgan fingerprint density at radius 2 is 1.61 bits per heavy atom. The fourth-order valence-electron chi connectivity index (χ4n) is 3.53. The van der Waals surface area contributed by atoms with E-state index in [1.54, 1.807) is 27.4 Å². The lowest BCUT2D eigenvalue weighted by molar-refractivity contribution is -0.318. The Morgan fingerprint density at radius 1 is 1.03 bits per heavy atom. The monoisotopic (exact) mass is 616 g/mol. The van der Waals surface area contributed by atoms with Gasteiger partial charge >= 0.3 is 0 Å². The van der Waals surface area contributed by atoms with Gasteiger partial charge in [0.1, 0.15) is 18.3 Å². The Kier molecular flexibility index (Phi) is 13.5. The largest absolute Gasteiger partial charge is 0.408 e. The molecule has 10 heteroatoms. The summed E-state index contributed by atoms with van der Waals surface area (Å²) in [5, 5.41) is 9.28. The predicted molar refractivity (Wildman–Crippen MR) is 140 cm³/mol. The summed E-state index contributed by atoms with van der Waals surface area (Å²) in [4.78, 5) is 0. The molecule has 1 aliphatic rings. The van der Waals surface area contributed by atoms with E-state index in [1.165, 1.54) is 0 Å². The average molecular weight is 618 g/mol. The van der Waals surface area contributed by atoms with Crippen LogP contribution < -0.4 is 0 Å². The van der Waals surface area contributed by atoms with E-state index in [0.29, 0.717) is 6.42 Å². The highest BCUT2D eigenvalue weighted by atomic mass is 79.9. The molecule has 1 fully saturated rings. The third kappa shape index (κ3) is 9.08. The van der Waals surface area contributed by atoms with Gasteiger partial charge in [0.25, 0.3) is 0 Å². The van der Waals surface area contributed by atoms with Gasteiger partial charge in [0.15, 0.2) is 14.6 Å². The van der Waals surface area contributed by atoms with Crippen molar-refractivity contribution in [1.82, 2.24) is 0 Å². The second-order valence-corrected chi connectivity index (χ2v) is 17.2. The summed E-state index contributed by atoms with van der Waals surface area (Å²) in [6.45, 7) is 12.9. The van der Waals surface area contributed by atoms with E-state index in [1.807, 2.05) is 19.1 Å². The summed E-state index contributed by atoms with van der Waals surface area (Å²) in [7, 11) is 2.73. The fourth-order valence-corrected chi connectivity index (χ4v) is 5.30. The molecule has 0 aromatic carbocycles. The molecule has 0 aliphatic carbocycles. The minimum absolute atomic E-state index is 0.0150. The number of hydrogen-bond donors (Lipinski definition) is 1. The molecule has 0 aromatic rings. The third-order valence-electron chi connectivity index (χ3n) is 6.39. The molecule has 0 amide bonds. The van der Waals surface area contributed by atoms with Crippen LogP contribution in [0.5, 0.6) is 0 Å². The lowest BCUT2D eigenvalue weighted by Gasteiger charge is -2.46. The SMILES string of the molecule is CO[C@@H]1[C@@H](OC)[C@H](C)O[C@@H](O[C@@H](C/C=C/CO)[C@@H](C=C(Br)Br)O[Si](C)(C)C(C)(C)C)[C@@H]1OC. The quantitative estimate of drug-likeness (QED) is 0.241. The van der Waals surface area contributed by atoms with Gasteiger partial charge in [-0.15, -0.1) is 0 Å². The Bertz CT molecular complexity index is 635. The lowest BCUT2D eigenvalue weighted by atomic mass is 9.99. The summed E-state index contributed by atoms with van der Waals surface area (Å²) in [5.41, 5.74) is 0. The summed E-state index contributed by atoms with van der Waals surface area (Å²) in [6, 6.07) is 0. The first-order chi connectivity index (χ1) is 15.3. The van der Waals surface area contributed by atoms with Gasteiger partial charge in [-0.2, -0.15) is 0 Å². The van der Waals surface area contributed by atoms with Crippen molar-refractivity contribution in [3.63, 3.8) is 0 Å². The van der Waals surface area contributed by atoms with Gasteiger partial charge in [0.05, 0.1) is 28.3 Å². The number of aliphatic hydroxyl groups is 1. The van der Waals surface area contributed by atoms with Crippen LogP contribution in [-0.2, 0) is 28.1 Å². The van der Waals surface area contributed by atoms with Gasteiger partial charge < -0.3 is 33.2 Å². The molecule has 7 atom stereocenters. The zero-order valence-electron chi connectivity index (χ0n) is 21.3. The Morgan fingerprint density at radius 3 is 2.06 bits per heavy atom. The van der Waals surface area contributed by atoms with Gasteiger partial charge in [-0.1, -0.05) is 32.9 Å². The molecule has 1 N–H and O–H groups in total. The highest BCUT2D eigenvalue weighted by molar-refractivity contribution is 9.28. The zero-order chi connectivity index (χ0) is 25.4. The standard InChI is InChI=1S/C23H42Br2O7Si/c1-15-19(27-5)20(28-6)21(29-7)22(30-15)31-16(12-10-11-13-26)17(14-18(24)25)32-33(8,9)23(2,3)4/h10-11,14-17,19-22,26H,12-13H2,1-9H3/b11-10+/t15-,16-,17+,19-,20+,21+,22-/m0/s1. The molecule has 1 saturated heterocycles. The maximum absolute atomic E-state index is 9.26. The maximum atomic E-state index is 9.26. The van der Waals surface area contributed by atoms with Gasteiger partial charge in [0.2, 0.25) is 0 Å². The van der Waals surface area contributed by atoms with Crippen LogP contribution in [0.15, 0.2) is 21.6 Å². The number of methoxy groups -OCH3 is 3. The van der Waals surface area contributed by atoms with E-state index < -0.39 is 26.8 Å². The van der Waals surface area contributed by atoms with E-state index in [9.17, 15) is 5.11 Å². The van der Waals surface area contributed by atoms with E-state index in [2.05, 4.69) is 65.7 Å². The maximum Gasteiger partial charge on any atom is 0.193 e. The van der Waals surface area contributed by atoms with Gasteiger partial charge in [-0.3, -0.25) is 0 Å². The molecule has 1 rings (SSSR count). The second kappa shape index (κ2) is 14.2. The molecular weight excluding hydrogens is 576 g/mol. The third-order valence-corrected chi connectivity index (χ3v) is 11.4. The highest BCUT2D eigenvalue weighted by Crippen LogP contribution is 2.39. The first-order valence-electron chi connectivity index (χ1n) is 11.2. The van der Waals surface area contributed by atoms with Crippen LogP contribution in [0.1, 0.15) is 34.1 Å². The number of aliphatic hydroxyl groups excluding tert-OH is 1. The van der Waals surface area contributed by atoms with Crippen molar-refractivity contribution in [2.24, 2.45) is 0 Å². The molecule has 0 bridgehead atoms. The molecule has 0 aromatic heterocycles. The summed E-state index contributed by atoms with van der Waals surface area (Å²) < 4.78 is 37.4. The average Bonchev–Trinajstić information content (AvgIpc) is 2.70. The topological polar surface area (TPSA) is 75.6 Å². The molecule has 7 nitrogen and oxygen atoms in total. The normalized spacial score (nSPS) is 28.7. The molecule has 1 aliphatic heterocycles. The molecule has 0 unspecified atom stereocenters.